The van der Waals surface area contributed by atoms with Crippen LogP contribution in [0, 0.1) is 12.8 Å². The van der Waals surface area contributed by atoms with Crippen molar-refractivity contribution >= 4 is 41.5 Å². The number of halogens is 2. The third kappa shape index (κ3) is 5.96. The topological polar surface area (TPSA) is 70.2 Å². The molecular formula is C17H25Cl2N3O2. The van der Waals surface area contributed by atoms with Crippen LogP contribution < -0.4 is 16.0 Å². The highest BCUT2D eigenvalue weighted by Gasteiger charge is 2.24. The predicted octanol–water partition coefficient (Wildman–Crippen LogP) is 2.90. The Labute approximate surface area is 154 Å². The van der Waals surface area contributed by atoms with Crippen molar-refractivity contribution in [3.05, 3.63) is 28.8 Å². The van der Waals surface area contributed by atoms with Gasteiger partial charge in [0.05, 0.1) is 0 Å². The van der Waals surface area contributed by atoms with Gasteiger partial charge in [-0.05, 0) is 50.9 Å². The second-order valence-corrected chi connectivity index (χ2v) is 6.49. The van der Waals surface area contributed by atoms with Crippen LogP contribution in [0.15, 0.2) is 18.2 Å². The molecule has 5 nitrogen and oxygen atoms in total. The SMILES string of the molecule is Cc1c(Cl)cccc1NC(=O)CCNC(=O)[C@H]1CCN[C@@H](C)C1.Cl. The average Bonchev–Trinajstić information content (AvgIpc) is 2.52. The van der Waals surface area contributed by atoms with Crippen molar-refractivity contribution in [2.75, 3.05) is 18.4 Å². The molecule has 1 heterocycles. The summed E-state index contributed by atoms with van der Waals surface area (Å²) in [5, 5.41) is 9.63. The van der Waals surface area contributed by atoms with Crippen LogP contribution in [0.4, 0.5) is 5.69 Å². The van der Waals surface area contributed by atoms with Gasteiger partial charge in [0.1, 0.15) is 0 Å². The van der Waals surface area contributed by atoms with Gasteiger partial charge in [-0.2, -0.15) is 0 Å². The van der Waals surface area contributed by atoms with Crippen LogP contribution in [0.25, 0.3) is 0 Å². The van der Waals surface area contributed by atoms with Gasteiger partial charge < -0.3 is 16.0 Å². The molecule has 2 amide bonds. The Hall–Kier alpha value is -1.30. The van der Waals surface area contributed by atoms with Gasteiger partial charge in [-0.3, -0.25) is 9.59 Å². The largest absolute Gasteiger partial charge is 0.355 e. The third-order valence-corrected chi connectivity index (χ3v) is 4.60. The Kier molecular flexibility index (Phi) is 8.53. The Bertz CT molecular complexity index is 581. The molecule has 1 aliphatic rings. The monoisotopic (exact) mass is 373 g/mol. The van der Waals surface area contributed by atoms with Gasteiger partial charge in [0.2, 0.25) is 11.8 Å². The van der Waals surface area contributed by atoms with Crippen LogP contribution in [0.2, 0.25) is 5.02 Å². The molecule has 3 N–H and O–H groups in total. The van der Waals surface area contributed by atoms with Crippen molar-refractivity contribution in [3.63, 3.8) is 0 Å². The zero-order valence-corrected chi connectivity index (χ0v) is 15.6. The van der Waals surface area contributed by atoms with E-state index in [1.165, 1.54) is 0 Å². The van der Waals surface area contributed by atoms with Crippen LogP contribution in [0.3, 0.4) is 0 Å². The summed E-state index contributed by atoms with van der Waals surface area (Å²) in [6.45, 7) is 5.16. The fourth-order valence-corrected chi connectivity index (χ4v) is 2.94. The molecule has 1 aliphatic heterocycles. The highest BCUT2D eigenvalue weighted by atomic mass is 35.5. The number of rotatable bonds is 5. The quantitative estimate of drug-likeness (QED) is 0.742. The molecule has 0 bridgehead atoms. The van der Waals surface area contributed by atoms with Gasteiger partial charge in [0.25, 0.3) is 0 Å². The van der Waals surface area contributed by atoms with Crippen molar-refractivity contribution in [2.24, 2.45) is 5.92 Å². The van der Waals surface area contributed by atoms with Crippen LogP contribution in [-0.2, 0) is 9.59 Å². The van der Waals surface area contributed by atoms with Crippen molar-refractivity contribution in [3.8, 4) is 0 Å². The molecule has 2 rings (SSSR count). The second kappa shape index (κ2) is 9.87. The molecule has 2 atom stereocenters. The molecule has 7 heteroatoms. The number of nitrogens with one attached hydrogen (secondary N) is 3. The normalized spacial score (nSPS) is 20.0. The van der Waals surface area contributed by atoms with Gasteiger partial charge in [0.15, 0.2) is 0 Å². The minimum absolute atomic E-state index is 0. The summed E-state index contributed by atoms with van der Waals surface area (Å²) in [6.07, 6.45) is 1.95. The van der Waals surface area contributed by atoms with E-state index in [4.69, 9.17) is 11.6 Å². The number of hydrogen-bond donors (Lipinski definition) is 3. The minimum atomic E-state index is -0.130. The highest BCUT2D eigenvalue weighted by Crippen LogP contribution is 2.23. The van der Waals surface area contributed by atoms with Gasteiger partial charge in [0, 0.05) is 35.6 Å². The Morgan fingerprint density at radius 3 is 2.83 bits per heavy atom. The molecule has 0 aliphatic carbocycles. The zero-order valence-electron chi connectivity index (χ0n) is 14.0. The first-order chi connectivity index (χ1) is 11.0. The molecule has 0 radical (unpaired) electrons. The first-order valence-electron chi connectivity index (χ1n) is 8.03. The van der Waals surface area contributed by atoms with Crippen LogP contribution in [-0.4, -0.2) is 30.9 Å². The van der Waals surface area contributed by atoms with Gasteiger partial charge in [-0.25, -0.2) is 0 Å². The average molecular weight is 374 g/mol. The minimum Gasteiger partial charge on any atom is -0.355 e. The summed E-state index contributed by atoms with van der Waals surface area (Å²) in [4.78, 5) is 24.1. The summed E-state index contributed by atoms with van der Waals surface area (Å²) in [5.74, 6) is -0.0380. The molecule has 1 saturated heterocycles. The summed E-state index contributed by atoms with van der Waals surface area (Å²) >= 11 is 6.03. The van der Waals surface area contributed by atoms with E-state index in [9.17, 15) is 9.59 Å². The van der Waals surface area contributed by atoms with Crippen molar-refractivity contribution in [2.45, 2.75) is 39.2 Å². The maximum atomic E-state index is 12.1. The van der Waals surface area contributed by atoms with Crippen molar-refractivity contribution < 1.29 is 9.59 Å². The fraction of sp³-hybridized carbons (Fsp3) is 0.529. The molecule has 0 aromatic heterocycles. The number of anilines is 1. The van der Waals surface area contributed by atoms with Crippen molar-refractivity contribution in [1.29, 1.82) is 0 Å². The number of amides is 2. The molecule has 134 valence electrons. The van der Waals surface area contributed by atoms with E-state index in [-0.39, 0.29) is 36.6 Å². The zero-order chi connectivity index (χ0) is 16.8. The van der Waals surface area contributed by atoms with E-state index < -0.39 is 0 Å². The first kappa shape index (κ1) is 20.7. The fourth-order valence-electron chi connectivity index (χ4n) is 2.77. The van der Waals surface area contributed by atoms with E-state index >= 15 is 0 Å². The van der Waals surface area contributed by atoms with E-state index in [0.29, 0.717) is 23.3 Å². The van der Waals surface area contributed by atoms with Gasteiger partial charge in [-0.1, -0.05) is 17.7 Å². The lowest BCUT2D eigenvalue weighted by molar-refractivity contribution is -0.126. The van der Waals surface area contributed by atoms with Crippen LogP contribution in [0.5, 0.6) is 0 Å². The lowest BCUT2D eigenvalue weighted by atomic mass is 9.92. The van der Waals surface area contributed by atoms with E-state index in [1.807, 2.05) is 13.0 Å². The third-order valence-electron chi connectivity index (χ3n) is 4.19. The molecule has 1 aromatic rings. The Balaban J connectivity index is 0.00000288. The van der Waals surface area contributed by atoms with E-state index in [2.05, 4.69) is 22.9 Å². The summed E-state index contributed by atoms with van der Waals surface area (Å²) in [6, 6.07) is 5.76. The smallest absolute Gasteiger partial charge is 0.226 e. The van der Waals surface area contributed by atoms with E-state index in [1.54, 1.807) is 12.1 Å². The van der Waals surface area contributed by atoms with Crippen LogP contribution >= 0.6 is 24.0 Å². The Morgan fingerprint density at radius 2 is 2.12 bits per heavy atom. The summed E-state index contributed by atoms with van der Waals surface area (Å²) < 4.78 is 0. The molecule has 0 unspecified atom stereocenters. The molecule has 1 aromatic carbocycles. The van der Waals surface area contributed by atoms with Crippen LogP contribution in [0.1, 0.15) is 31.7 Å². The maximum Gasteiger partial charge on any atom is 0.226 e. The van der Waals surface area contributed by atoms with E-state index in [0.717, 1.165) is 24.9 Å². The lowest BCUT2D eigenvalue weighted by Crippen LogP contribution is -2.42. The maximum absolute atomic E-state index is 12.1. The predicted molar refractivity (Wildman–Crippen MR) is 99.9 cm³/mol. The number of piperidine rings is 1. The number of carbonyl (C=O) groups excluding carboxylic acids is 2. The lowest BCUT2D eigenvalue weighted by Gasteiger charge is -2.27. The summed E-state index contributed by atoms with van der Waals surface area (Å²) in [5.41, 5.74) is 1.55. The first-order valence-corrected chi connectivity index (χ1v) is 8.41. The number of hydrogen-bond acceptors (Lipinski definition) is 3. The van der Waals surface area contributed by atoms with Gasteiger partial charge >= 0.3 is 0 Å². The second-order valence-electron chi connectivity index (χ2n) is 6.08. The standard InChI is InChI=1S/C17H24ClN3O2.ClH/c1-11-10-13(6-8-19-11)17(23)20-9-7-16(22)21-15-5-3-4-14(18)12(15)2;/h3-5,11,13,19H,6-10H2,1-2H3,(H,20,23)(H,21,22);1H/t11-,13-;/m0./s1. The Morgan fingerprint density at radius 1 is 1.38 bits per heavy atom. The number of benzene rings is 1. The highest BCUT2D eigenvalue weighted by molar-refractivity contribution is 6.31. The van der Waals surface area contributed by atoms with Crippen molar-refractivity contribution in [1.82, 2.24) is 10.6 Å². The summed E-state index contributed by atoms with van der Waals surface area (Å²) in [7, 11) is 0. The van der Waals surface area contributed by atoms with Gasteiger partial charge in [-0.15, -0.1) is 12.4 Å². The molecule has 0 spiro atoms. The molecule has 1 fully saturated rings. The molecule has 0 saturated carbocycles. The number of carbonyl (C=O) groups is 2. The molecule has 24 heavy (non-hydrogen) atoms. The molecular weight excluding hydrogens is 349 g/mol.